The fourth-order valence-corrected chi connectivity index (χ4v) is 8.74. The predicted octanol–water partition coefficient (Wildman–Crippen LogP) is 3.68. The van der Waals surface area contributed by atoms with Gasteiger partial charge in [-0.3, -0.25) is 4.79 Å². The highest BCUT2D eigenvalue weighted by Crippen LogP contribution is 2.60. The van der Waals surface area contributed by atoms with E-state index in [4.69, 9.17) is 22.1 Å². The van der Waals surface area contributed by atoms with Crippen molar-refractivity contribution in [3.05, 3.63) is 23.2 Å². The molecule has 11 heteroatoms. The first-order valence-corrected chi connectivity index (χ1v) is 14.7. The normalized spacial score (nSPS) is 29.3. The van der Waals surface area contributed by atoms with Crippen molar-refractivity contribution >= 4 is 33.4 Å². The molecule has 4 bridgehead atoms. The van der Waals surface area contributed by atoms with Crippen LogP contribution in [0.4, 0.5) is 0 Å². The van der Waals surface area contributed by atoms with Crippen LogP contribution in [-0.2, 0) is 14.8 Å². The lowest BCUT2D eigenvalue weighted by Gasteiger charge is -2.59. The van der Waals surface area contributed by atoms with Crippen molar-refractivity contribution in [1.82, 2.24) is 9.62 Å². The van der Waals surface area contributed by atoms with Gasteiger partial charge in [0.05, 0.1) is 0 Å². The largest absolute Gasteiger partial charge is 0.479 e. The summed E-state index contributed by atoms with van der Waals surface area (Å²) in [7, 11) is -3.87. The molecule has 0 spiro atoms. The molecule has 4 saturated carbocycles. The van der Waals surface area contributed by atoms with Gasteiger partial charge in [0.25, 0.3) is 0 Å². The lowest BCUT2D eigenvalue weighted by molar-refractivity contribution is -0.145. The second-order valence-electron chi connectivity index (χ2n) is 11.1. The maximum absolute atomic E-state index is 13.4. The third-order valence-corrected chi connectivity index (χ3v) is 10.7. The minimum absolute atomic E-state index is 0.0306. The first-order chi connectivity index (χ1) is 17.4. The van der Waals surface area contributed by atoms with Crippen LogP contribution in [0.25, 0.3) is 0 Å². The van der Waals surface area contributed by atoms with Gasteiger partial charge in [0.2, 0.25) is 22.1 Å². The van der Waals surface area contributed by atoms with Gasteiger partial charge in [0.1, 0.15) is 10.6 Å². The molecule has 0 saturated heterocycles. The number of aliphatic imine (C=N–C) groups is 1. The molecular formula is C26H36ClN5O4S. The number of carbonyl (C=O) groups excluding carboxylic acids is 1. The maximum atomic E-state index is 13.4. The third kappa shape index (κ3) is 5.06. The Morgan fingerprint density at radius 3 is 2.43 bits per heavy atom. The van der Waals surface area contributed by atoms with Crippen molar-refractivity contribution in [2.24, 2.45) is 33.9 Å². The molecule has 0 radical (unpaired) electrons. The number of benzene rings is 1. The predicted molar refractivity (Wildman–Crippen MR) is 141 cm³/mol. The highest BCUT2D eigenvalue weighted by molar-refractivity contribution is 7.89. The average molecular weight is 550 g/mol. The SMILES string of the molecule is CCN(CC)S(=O)(=O)c1cc(Cl)ccc1OC(C)(C)/C(=N/C#N)NC1C2CC3CC1CC(C(N)=O)(C3)C2. The summed E-state index contributed by atoms with van der Waals surface area (Å²) < 4.78 is 34.4. The first kappa shape index (κ1) is 27.7. The molecule has 4 fully saturated rings. The smallest absolute Gasteiger partial charge is 0.246 e. The molecule has 2 atom stereocenters. The second kappa shape index (κ2) is 10.1. The number of carbonyl (C=O) groups is 1. The Labute approximate surface area is 224 Å². The Hall–Kier alpha value is -2.35. The molecule has 4 aliphatic carbocycles. The van der Waals surface area contributed by atoms with Gasteiger partial charge in [-0.25, -0.2) is 8.42 Å². The molecule has 4 aliphatic rings. The lowest BCUT2D eigenvalue weighted by atomic mass is 9.47. The minimum Gasteiger partial charge on any atom is -0.479 e. The van der Waals surface area contributed by atoms with Crippen molar-refractivity contribution < 1.29 is 17.9 Å². The number of nitrogens with zero attached hydrogens (tertiary/aromatic N) is 3. The van der Waals surface area contributed by atoms with Gasteiger partial charge < -0.3 is 15.8 Å². The standard InChI is InChI=1S/C26H36ClN5O4S/c1-5-32(6-2)37(34,35)21-11-19(27)7-8-20(21)36-25(3,4)24(30-15-28)31-22-17-9-16-10-18(22)14-26(12-16,13-17)23(29)33/h7-8,11,16-18,22H,5-6,9-10,12-14H2,1-4H3,(H2,29,33)(H,30,31). The summed E-state index contributed by atoms with van der Waals surface area (Å²) in [5.41, 5.74) is 4.25. The highest BCUT2D eigenvalue weighted by atomic mass is 35.5. The van der Waals surface area contributed by atoms with Crippen LogP contribution in [0.3, 0.4) is 0 Å². The number of hydrogen-bond acceptors (Lipinski definition) is 6. The fourth-order valence-electron chi connectivity index (χ4n) is 6.90. The monoisotopic (exact) mass is 549 g/mol. The molecule has 37 heavy (non-hydrogen) atoms. The molecular weight excluding hydrogens is 514 g/mol. The van der Waals surface area contributed by atoms with E-state index in [2.05, 4.69) is 10.3 Å². The number of nitriles is 1. The lowest BCUT2D eigenvalue weighted by Crippen LogP contribution is -2.64. The zero-order valence-corrected chi connectivity index (χ0v) is 23.4. The van der Waals surface area contributed by atoms with Crippen LogP contribution in [0.2, 0.25) is 5.02 Å². The van der Waals surface area contributed by atoms with E-state index in [0.717, 1.165) is 32.1 Å². The minimum atomic E-state index is -3.87. The van der Waals surface area contributed by atoms with Crippen LogP contribution in [0.15, 0.2) is 28.1 Å². The molecule has 0 aromatic heterocycles. The number of hydrogen-bond donors (Lipinski definition) is 2. The van der Waals surface area contributed by atoms with Crippen LogP contribution < -0.4 is 15.8 Å². The number of primary amides is 1. The number of nitrogens with one attached hydrogen (secondary N) is 1. The topological polar surface area (TPSA) is 138 Å². The Kier molecular flexibility index (Phi) is 7.54. The number of ether oxygens (including phenoxy) is 1. The van der Waals surface area contributed by atoms with E-state index < -0.39 is 21.0 Å². The van der Waals surface area contributed by atoms with Crippen molar-refractivity contribution in [2.45, 2.75) is 76.3 Å². The third-order valence-electron chi connectivity index (χ3n) is 8.43. The number of sulfonamides is 1. The number of nitrogens with two attached hydrogens (primary N) is 1. The summed E-state index contributed by atoms with van der Waals surface area (Å²) in [6.45, 7) is 7.64. The van der Waals surface area contributed by atoms with E-state index >= 15 is 0 Å². The molecule has 202 valence electrons. The van der Waals surface area contributed by atoms with E-state index in [1.807, 2.05) is 6.19 Å². The fraction of sp³-hybridized carbons (Fsp3) is 0.654. The summed E-state index contributed by atoms with van der Waals surface area (Å²) in [6.07, 6.45) is 6.23. The Balaban J connectivity index is 1.62. The van der Waals surface area contributed by atoms with Crippen LogP contribution in [0.1, 0.15) is 59.8 Å². The van der Waals surface area contributed by atoms with Gasteiger partial charge in [0.15, 0.2) is 11.4 Å². The first-order valence-electron chi connectivity index (χ1n) is 12.9. The van der Waals surface area contributed by atoms with E-state index in [1.165, 1.54) is 16.4 Å². The molecule has 1 aromatic carbocycles. The Morgan fingerprint density at radius 1 is 1.27 bits per heavy atom. The van der Waals surface area contributed by atoms with E-state index in [0.29, 0.717) is 24.8 Å². The Morgan fingerprint density at radius 2 is 1.89 bits per heavy atom. The summed E-state index contributed by atoms with van der Waals surface area (Å²) >= 11 is 6.18. The van der Waals surface area contributed by atoms with Gasteiger partial charge in [-0.05, 0) is 81.9 Å². The molecule has 0 heterocycles. The summed E-state index contributed by atoms with van der Waals surface area (Å²) in [5.74, 6) is 1.23. The van der Waals surface area contributed by atoms with Crippen LogP contribution in [0.5, 0.6) is 5.75 Å². The number of amidine groups is 1. The maximum Gasteiger partial charge on any atom is 0.246 e. The summed E-state index contributed by atoms with van der Waals surface area (Å²) in [4.78, 5) is 16.4. The molecule has 1 amide bonds. The van der Waals surface area contributed by atoms with E-state index in [9.17, 15) is 18.5 Å². The van der Waals surface area contributed by atoms with E-state index in [1.54, 1.807) is 33.8 Å². The van der Waals surface area contributed by atoms with Gasteiger partial charge in [-0.2, -0.15) is 14.6 Å². The average Bonchev–Trinajstić information content (AvgIpc) is 2.81. The van der Waals surface area contributed by atoms with Crippen molar-refractivity contribution in [1.29, 1.82) is 5.26 Å². The molecule has 5 rings (SSSR count). The van der Waals surface area contributed by atoms with Gasteiger partial charge >= 0.3 is 0 Å². The Bertz CT molecular complexity index is 1220. The van der Waals surface area contributed by atoms with Crippen LogP contribution in [0, 0.1) is 34.6 Å². The van der Waals surface area contributed by atoms with Gasteiger partial charge in [-0.15, -0.1) is 0 Å². The van der Waals surface area contributed by atoms with Crippen molar-refractivity contribution in [2.75, 3.05) is 13.1 Å². The zero-order valence-electron chi connectivity index (χ0n) is 21.8. The number of amides is 1. The molecule has 2 unspecified atom stereocenters. The molecule has 0 aliphatic heterocycles. The summed E-state index contributed by atoms with van der Waals surface area (Å²) in [5, 5.41) is 13.3. The second-order valence-corrected chi connectivity index (χ2v) is 13.5. The quantitative estimate of drug-likeness (QED) is 0.274. The summed E-state index contributed by atoms with van der Waals surface area (Å²) in [6, 6.07) is 4.52. The number of halogens is 1. The van der Waals surface area contributed by atoms with Gasteiger partial charge in [-0.1, -0.05) is 25.4 Å². The molecule has 3 N–H and O–H groups in total. The van der Waals surface area contributed by atoms with Crippen molar-refractivity contribution in [3.63, 3.8) is 0 Å². The molecule has 9 nitrogen and oxygen atoms in total. The van der Waals surface area contributed by atoms with Crippen LogP contribution >= 0.6 is 11.6 Å². The van der Waals surface area contributed by atoms with E-state index in [-0.39, 0.29) is 39.5 Å². The highest BCUT2D eigenvalue weighted by Gasteiger charge is 2.58. The zero-order chi connectivity index (χ0) is 27.2. The van der Waals surface area contributed by atoms with Gasteiger partial charge in [0, 0.05) is 29.6 Å². The van der Waals surface area contributed by atoms with Crippen molar-refractivity contribution in [3.8, 4) is 11.9 Å². The molecule has 1 aromatic rings. The number of rotatable bonds is 9. The van der Waals surface area contributed by atoms with Crippen LogP contribution in [-0.4, -0.2) is 49.2 Å².